The highest BCUT2D eigenvalue weighted by molar-refractivity contribution is 9.11. The highest BCUT2D eigenvalue weighted by Gasteiger charge is 2.08. The molecule has 2 aromatic carbocycles. The number of nitrogens with two attached hydrogens (primary N) is 1. The number of benzene rings is 2. The third kappa shape index (κ3) is 3.69. The summed E-state index contributed by atoms with van der Waals surface area (Å²) in [4.78, 5) is 0. The first-order valence-corrected chi connectivity index (χ1v) is 7.69. The molecule has 0 aromatic heterocycles. The number of rotatable bonds is 4. The number of nitrogen functional groups attached to an aromatic ring is 1. The van der Waals surface area contributed by atoms with Gasteiger partial charge < -0.3 is 15.8 Å². The van der Waals surface area contributed by atoms with E-state index in [1.165, 1.54) is 0 Å². The standard InChI is InChI=1S/C15H13Br2N3O/c1-21-15-8-14(11(16)7-12(15)17)20-10-2-3-13(19)9(6-10)4-5-18/h2-3,6-8,20H,4,19H2,1H3. The van der Waals surface area contributed by atoms with E-state index in [1.54, 1.807) is 13.2 Å². The summed E-state index contributed by atoms with van der Waals surface area (Å²) in [7, 11) is 1.62. The summed E-state index contributed by atoms with van der Waals surface area (Å²) >= 11 is 6.94. The molecule has 0 heterocycles. The molecule has 2 aromatic rings. The molecule has 0 bridgehead atoms. The lowest BCUT2D eigenvalue weighted by Crippen LogP contribution is -1.98. The predicted molar refractivity (Wildman–Crippen MR) is 91.8 cm³/mol. The molecule has 0 saturated carbocycles. The Balaban J connectivity index is 2.34. The lowest BCUT2D eigenvalue weighted by atomic mass is 10.1. The minimum Gasteiger partial charge on any atom is -0.495 e. The van der Waals surface area contributed by atoms with E-state index in [-0.39, 0.29) is 6.42 Å². The summed E-state index contributed by atoms with van der Waals surface area (Å²) in [5, 5.41) is 12.1. The van der Waals surface area contributed by atoms with Crippen LogP contribution in [0.15, 0.2) is 39.3 Å². The van der Waals surface area contributed by atoms with Crippen LogP contribution in [0.25, 0.3) is 0 Å². The SMILES string of the molecule is COc1cc(Nc2ccc(N)c(CC#N)c2)c(Br)cc1Br. The number of hydrogen-bond donors (Lipinski definition) is 2. The van der Waals surface area contributed by atoms with Gasteiger partial charge in [0, 0.05) is 21.9 Å². The van der Waals surface area contributed by atoms with Crippen molar-refractivity contribution in [1.29, 1.82) is 5.26 Å². The Morgan fingerprint density at radius 2 is 2.00 bits per heavy atom. The van der Waals surface area contributed by atoms with Crippen molar-refractivity contribution in [3.63, 3.8) is 0 Å². The Morgan fingerprint density at radius 3 is 2.67 bits per heavy atom. The maximum Gasteiger partial charge on any atom is 0.135 e. The molecule has 6 heteroatoms. The molecule has 0 aliphatic heterocycles. The monoisotopic (exact) mass is 409 g/mol. The molecular formula is C15H13Br2N3O. The fourth-order valence-corrected chi connectivity index (χ4v) is 3.11. The first-order chi connectivity index (χ1) is 10.0. The maximum atomic E-state index is 8.81. The van der Waals surface area contributed by atoms with Crippen LogP contribution in [0.5, 0.6) is 5.75 Å². The van der Waals surface area contributed by atoms with Gasteiger partial charge in [-0.1, -0.05) is 0 Å². The average Bonchev–Trinajstić information content (AvgIpc) is 2.45. The van der Waals surface area contributed by atoms with Crippen molar-refractivity contribution in [2.24, 2.45) is 0 Å². The number of halogens is 2. The van der Waals surface area contributed by atoms with E-state index in [9.17, 15) is 0 Å². The number of anilines is 3. The zero-order valence-corrected chi connectivity index (χ0v) is 14.5. The van der Waals surface area contributed by atoms with Gasteiger partial charge >= 0.3 is 0 Å². The molecule has 0 saturated heterocycles. The molecule has 108 valence electrons. The molecule has 0 atom stereocenters. The second kappa shape index (κ2) is 6.83. The van der Waals surface area contributed by atoms with E-state index < -0.39 is 0 Å². The van der Waals surface area contributed by atoms with Crippen LogP contribution in [0.4, 0.5) is 17.1 Å². The van der Waals surface area contributed by atoms with Crippen LogP contribution in [-0.2, 0) is 6.42 Å². The normalized spacial score (nSPS) is 10.0. The Bertz CT molecular complexity index is 711. The van der Waals surface area contributed by atoms with Gasteiger partial charge in [0.25, 0.3) is 0 Å². The molecule has 0 amide bonds. The molecule has 4 nitrogen and oxygen atoms in total. The summed E-state index contributed by atoms with van der Waals surface area (Å²) in [6.07, 6.45) is 0.284. The zero-order valence-electron chi connectivity index (χ0n) is 11.3. The van der Waals surface area contributed by atoms with Crippen LogP contribution >= 0.6 is 31.9 Å². The van der Waals surface area contributed by atoms with Gasteiger partial charge in [0.15, 0.2) is 0 Å². The molecule has 21 heavy (non-hydrogen) atoms. The Labute approximate surface area is 140 Å². The minimum atomic E-state index is 0.284. The van der Waals surface area contributed by atoms with Gasteiger partial charge in [-0.25, -0.2) is 0 Å². The van der Waals surface area contributed by atoms with Crippen LogP contribution in [-0.4, -0.2) is 7.11 Å². The van der Waals surface area contributed by atoms with Crippen LogP contribution in [0.2, 0.25) is 0 Å². The van der Waals surface area contributed by atoms with Crippen LogP contribution < -0.4 is 15.8 Å². The van der Waals surface area contributed by atoms with E-state index in [2.05, 4.69) is 43.2 Å². The smallest absolute Gasteiger partial charge is 0.135 e. The van der Waals surface area contributed by atoms with Crippen molar-refractivity contribution in [2.75, 3.05) is 18.2 Å². The topological polar surface area (TPSA) is 71.1 Å². The second-order valence-electron chi connectivity index (χ2n) is 4.34. The fraction of sp³-hybridized carbons (Fsp3) is 0.133. The molecule has 0 fully saturated rings. The Kier molecular flexibility index (Phi) is 5.10. The third-order valence-electron chi connectivity index (χ3n) is 2.93. The fourth-order valence-electron chi connectivity index (χ4n) is 1.86. The Morgan fingerprint density at radius 1 is 1.24 bits per heavy atom. The third-order valence-corrected chi connectivity index (χ3v) is 4.21. The molecule has 0 aliphatic carbocycles. The highest BCUT2D eigenvalue weighted by atomic mass is 79.9. The molecular weight excluding hydrogens is 398 g/mol. The van der Waals surface area contributed by atoms with Crippen LogP contribution in [0.3, 0.4) is 0 Å². The van der Waals surface area contributed by atoms with Gasteiger partial charge in [-0.05, 0) is 61.7 Å². The number of nitrogens with one attached hydrogen (secondary N) is 1. The van der Waals surface area contributed by atoms with Gasteiger partial charge in [-0.3, -0.25) is 0 Å². The largest absolute Gasteiger partial charge is 0.495 e. The molecule has 2 rings (SSSR count). The Hall–Kier alpha value is -1.71. The van der Waals surface area contributed by atoms with E-state index in [0.29, 0.717) is 5.69 Å². The van der Waals surface area contributed by atoms with Crippen LogP contribution in [0.1, 0.15) is 5.56 Å². The molecule has 0 unspecified atom stereocenters. The number of nitriles is 1. The molecule has 0 spiro atoms. The van der Waals surface area contributed by atoms with Crippen molar-refractivity contribution < 1.29 is 4.74 Å². The second-order valence-corrected chi connectivity index (χ2v) is 6.05. The first-order valence-electron chi connectivity index (χ1n) is 6.10. The summed E-state index contributed by atoms with van der Waals surface area (Å²) in [6.45, 7) is 0. The number of hydrogen-bond acceptors (Lipinski definition) is 4. The van der Waals surface area contributed by atoms with E-state index >= 15 is 0 Å². The van der Waals surface area contributed by atoms with Gasteiger partial charge in [-0.15, -0.1) is 0 Å². The first kappa shape index (κ1) is 15.7. The summed E-state index contributed by atoms with van der Waals surface area (Å²) in [6, 6.07) is 11.4. The van der Waals surface area contributed by atoms with E-state index in [0.717, 1.165) is 31.6 Å². The molecule has 0 radical (unpaired) electrons. The molecule has 3 N–H and O–H groups in total. The van der Waals surface area contributed by atoms with Crippen molar-refractivity contribution in [2.45, 2.75) is 6.42 Å². The average molecular weight is 411 g/mol. The lowest BCUT2D eigenvalue weighted by molar-refractivity contribution is 0.412. The van der Waals surface area contributed by atoms with E-state index in [4.69, 9.17) is 15.7 Å². The quantitative estimate of drug-likeness (QED) is 0.721. The minimum absolute atomic E-state index is 0.284. The maximum absolute atomic E-state index is 8.81. The van der Waals surface area contributed by atoms with Crippen molar-refractivity contribution in [3.05, 3.63) is 44.8 Å². The number of nitrogens with zero attached hydrogens (tertiary/aromatic N) is 1. The highest BCUT2D eigenvalue weighted by Crippen LogP contribution is 2.36. The van der Waals surface area contributed by atoms with Gasteiger partial charge in [0.1, 0.15) is 5.75 Å². The summed E-state index contributed by atoms with van der Waals surface area (Å²) in [5.74, 6) is 0.730. The summed E-state index contributed by atoms with van der Waals surface area (Å²) in [5.41, 5.74) is 9.00. The van der Waals surface area contributed by atoms with Gasteiger partial charge in [0.2, 0.25) is 0 Å². The van der Waals surface area contributed by atoms with Gasteiger partial charge in [0.05, 0.1) is 29.8 Å². The summed E-state index contributed by atoms with van der Waals surface area (Å²) < 4.78 is 7.05. The van der Waals surface area contributed by atoms with Crippen molar-refractivity contribution >= 4 is 48.9 Å². The zero-order chi connectivity index (χ0) is 15.4. The van der Waals surface area contributed by atoms with Crippen molar-refractivity contribution in [1.82, 2.24) is 0 Å². The molecule has 0 aliphatic rings. The number of methoxy groups -OCH3 is 1. The predicted octanol–water partition coefficient (Wildman–Crippen LogP) is 4.61. The lowest BCUT2D eigenvalue weighted by Gasteiger charge is -2.13. The van der Waals surface area contributed by atoms with Crippen molar-refractivity contribution in [3.8, 4) is 11.8 Å². The number of ether oxygens (including phenoxy) is 1. The van der Waals surface area contributed by atoms with Crippen LogP contribution in [0, 0.1) is 11.3 Å². The van der Waals surface area contributed by atoms with E-state index in [1.807, 2.05) is 24.3 Å². The van der Waals surface area contributed by atoms with Gasteiger partial charge in [-0.2, -0.15) is 5.26 Å².